The largest absolute Gasteiger partial charge is 0.462 e. The van der Waals surface area contributed by atoms with E-state index in [0.29, 0.717) is 36.0 Å². The summed E-state index contributed by atoms with van der Waals surface area (Å²) in [6.07, 6.45) is 4.19. The molecule has 8 rings (SSSR count). The molecule has 0 unspecified atom stereocenters. The van der Waals surface area contributed by atoms with Gasteiger partial charge in [0.25, 0.3) is 0 Å². The van der Waals surface area contributed by atoms with Crippen molar-refractivity contribution in [3.63, 3.8) is 0 Å². The predicted molar refractivity (Wildman–Crippen MR) is 280 cm³/mol. The number of halogens is 1. The Morgan fingerprint density at radius 2 is 0.812 bits per heavy atom. The standard InChI is InChI=1S/C34H33N3O2.C22H21N3O2.ClH.H3NO/c1-6-39-34(38)29-18-16-27(17-19-29)20-31(28-10-8-7-9-11-28)30-21-32(36-23(2)12-13-24(36)3)35-33(22-30)37-25(4)14-15-26(37)5;1-2-27-22(26)17-10-8-15(9-11-17)12-19(16-6-4-3-5-7-16)18-13-20(23)25-21(24)14-18;;1-2/h7-22H,6H2,1-5H3;3-14H,2H2,1H3,(H4,23,24,25);1H;2H,1H2. The number of aryl methyl sites for hydroxylation is 4. The minimum atomic E-state index is -0.328. The molecule has 0 amide bonds. The highest BCUT2D eigenvalue weighted by atomic mass is 35.5. The van der Waals surface area contributed by atoms with Gasteiger partial charge in [0.1, 0.15) is 23.3 Å². The van der Waals surface area contributed by atoms with Crippen molar-refractivity contribution in [1.82, 2.24) is 19.1 Å². The first-order valence-electron chi connectivity index (χ1n) is 22.1. The Bertz CT molecular complexity index is 2910. The maximum atomic E-state index is 12.2. The van der Waals surface area contributed by atoms with Crippen LogP contribution in [0.1, 0.15) is 90.7 Å². The number of hydrogen-bond acceptors (Lipinski definition) is 10. The van der Waals surface area contributed by atoms with Gasteiger partial charge in [-0.15, -0.1) is 12.4 Å². The van der Waals surface area contributed by atoms with Crippen LogP contribution < -0.4 is 17.4 Å². The number of nitrogen functional groups attached to an aromatic ring is 2. The number of nitrogens with two attached hydrogens (primary N) is 3. The lowest BCUT2D eigenvalue weighted by Gasteiger charge is -2.17. The molecule has 0 atom stereocenters. The second-order valence-electron chi connectivity index (χ2n) is 15.7. The van der Waals surface area contributed by atoms with Crippen LogP contribution in [-0.2, 0) is 9.47 Å². The molecule has 0 fully saturated rings. The third kappa shape index (κ3) is 13.1. The fourth-order valence-corrected chi connectivity index (χ4v) is 7.77. The SMILES string of the molecule is CCOC(=O)c1ccc(C=C(c2ccccc2)c2cc(-n3c(C)ccc3C)nc(-n3c(C)ccc3C)c2)cc1.CCOC(=O)c1ccc(C=C(c2ccccc2)c2cc(N)nc(N)c2)cc1.Cl.NO. The number of rotatable bonds is 12. The van der Waals surface area contributed by atoms with Gasteiger partial charge in [-0.2, -0.15) is 0 Å². The first-order valence-corrected chi connectivity index (χ1v) is 22.1. The zero-order chi connectivity index (χ0) is 48.7. The van der Waals surface area contributed by atoms with Crippen molar-refractivity contribution in [2.75, 3.05) is 24.7 Å². The fourth-order valence-electron chi connectivity index (χ4n) is 7.77. The number of aromatic nitrogens is 4. The van der Waals surface area contributed by atoms with E-state index in [9.17, 15) is 9.59 Å². The van der Waals surface area contributed by atoms with Gasteiger partial charge in [0.2, 0.25) is 0 Å². The summed E-state index contributed by atoms with van der Waals surface area (Å²) in [5, 5.41) is 6.50. The summed E-state index contributed by atoms with van der Waals surface area (Å²) in [6, 6.07) is 51.5. The van der Waals surface area contributed by atoms with E-state index in [1.165, 1.54) is 0 Å². The Kier molecular flexibility index (Phi) is 18.6. The molecule has 69 heavy (non-hydrogen) atoms. The van der Waals surface area contributed by atoms with E-state index in [-0.39, 0.29) is 24.3 Å². The molecule has 354 valence electrons. The van der Waals surface area contributed by atoms with Gasteiger partial charge in [-0.25, -0.2) is 25.5 Å². The van der Waals surface area contributed by atoms with E-state index in [1.54, 1.807) is 31.2 Å². The Hall–Kier alpha value is -8.03. The molecule has 0 saturated heterocycles. The van der Waals surface area contributed by atoms with Crippen molar-refractivity contribution in [3.8, 4) is 11.6 Å². The third-order valence-corrected chi connectivity index (χ3v) is 10.9. The van der Waals surface area contributed by atoms with E-state index in [1.807, 2.05) is 85.8 Å². The molecule has 0 saturated carbocycles. The van der Waals surface area contributed by atoms with Crippen LogP contribution in [0.15, 0.2) is 158 Å². The number of nitrogens with zero attached hydrogens (tertiary/aromatic N) is 4. The van der Waals surface area contributed by atoms with Gasteiger partial charge in [0, 0.05) is 22.8 Å². The average molecular weight is 945 g/mol. The molecule has 4 aromatic heterocycles. The van der Waals surface area contributed by atoms with Gasteiger partial charge in [-0.1, -0.05) is 84.9 Å². The highest BCUT2D eigenvalue weighted by Gasteiger charge is 2.17. The molecule has 12 nitrogen and oxygen atoms in total. The monoisotopic (exact) mass is 943 g/mol. The molecular weight excluding hydrogens is 886 g/mol. The number of anilines is 2. The van der Waals surface area contributed by atoms with Gasteiger partial charge in [0.15, 0.2) is 0 Å². The van der Waals surface area contributed by atoms with Crippen LogP contribution in [0.25, 0.3) is 34.9 Å². The van der Waals surface area contributed by atoms with Gasteiger partial charge in [-0.3, -0.25) is 0 Å². The maximum absolute atomic E-state index is 12.2. The minimum absolute atomic E-state index is 0. The number of pyridine rings is 2. The topological polar surface area (TPSA) is 187 Å². The van der Waals surface area contributed by atoms with Crippen molar-refractivity contribution in [2.45, 2.75) is 41.5 Å². The van der Waals surface area contributed by atoms with E-state index >= 15 is 0 Å². The maximum Gasteiger partial charge on any atom is 0.338 e. The zero-order valence-corrected chi connectivity index (χ0v) is 40.4. The van der Waals surface area contributed by atoms with E-state index in [4.69, 9.17) is 31.1 Å². The molecule has 13 heteroatoms. The smallest absolute Gasteiger partial charge is 0.338 e. The van der Waals surface area contributed by atoms with Gasteiger partial charge in [0.05, 0.1) is 24.3 Å². The van der Waals surface area contributed by atoms with Crippen molar-refractivity contribution in [2.24, 2.45) is 5.90 Å². The lowest BCUT2D eigenvalue weighted by atomic mass is 9.95. The molecule has 4 heterocycles. The zero-order valence-electron chi connectivity index (χ0n) is 39.6. The summed E-state index contributed by atoms with van der Waals surface area (Å²) in [4.78, 5) is 33.2. The van der Waals surface area contributed by atoms with Crippen LogP contribution >= 0.6 is 12.4 Å². The van der Waals surface area contributed by atoms with Crippen molar-refractivity contribution >= 4 is 59.3 Å². The quantitative estimate of drug-likeness (QED) is 0.0522. The lowest BCUT2D eigenvalue weighted by Crippen LogP contribution is -2.09. The van der Waals surface area contributed by atoms with Crippen LogP contribution in [0.3, 0.4) is 0 Å². The molecule has 0 spiro atoms. The van der Waals surface area contributed by atoms with Gasteiger partial charge < -0.3 is 35.3 Å². The summed E-state index contributed by atoms with van der Waals surface area (Å²) < 4.78 is 14.6. The Labute approximate surface area is 409 Å². The molecule has 0 aliphatic rings. The predicted octanol–water partition coefficient (Wildman–Crippen LogP) is 11.4. The number of carbonyl (C=O) groups is 2. The summed E-state index contributed by atoms with van der Waals surface area (Å²) in [6.45, 7) is 12.7. The lowest BCUT2D eigenvalue weighted by molar-refractivity contribution is 0.0516. The van der Waals surface area contributed by atoms with E-state index in [2.05, 4.69) is 114 Å². The molecular formula is C56H58ClN7O5. The van der Waals surface area contributed by atoms with Crippen molar-refractivity contribution < 1.29 is 24.3 Å². The highest BCUT2D eigenvalue weighted by molar-refractivity contribution is 5.95. The molecule has 8 aromatic rings. The van der Waals surface area contributed by atoms with Crippen LogP contribution in [0.2, 0.25) is 0 Å². The molecule has 0 aliphatic carbocycles. The first-order chi connectivity index (χ1) is 32.9. The number of ether oxygens (including phenoxy) is 2. The Morgan fingerprint density at radius 3 is 1.14 bits per heavy atom. The molecule has 0 bridgehead atoms. The van der Waals surface area contributed by atoms with Crippen LogP contribution in [0.5, 0.6) is 0 Å². The summed E-state index contributed by atoms with van der Waals surface area (Å²) in [7, 11) is 0. The number of carbonyl (C=O) groups excluding carboxylic acids is 2. The number of benzene rings is 4. The van der Waals surface area contributed by atoms with Gasteiger partial charge in [-0.05, 0) is 171 Å². The van der Waals surface area contributed by atoms with Crippen LogP contribution in [-0.4, -0.2) is 49.5 Å². The van der Waals surface area contributed by atoms with Crippen LogP contribution in [0.4, 0.5) is 11.6 Å². The Morgan fingerprint density at radius 1 is 0.478 bits per heavy atom. The van der Waals surface area contributed by atoms with Gasteiger partial charge >= 0.3 is 11.9 Å². The fraction of sp³-hybridized carbons (Fsp3) is 0.143. The third-order valence-electron chi connectivity index (χ3n) is 10.9. The average Bonchev–Trinajstić information content (AvgIpc) is 3.88. The molecule has 0 aliphatic heterocycles. The number of hydrogen-bond donors (Lipinski definition) is 4. The van der Waals surface area contributed by atoms with Crippen molar-refractivity contribution in [3.05, 3.63) is 225 Å². The summed E-state index contributed by atoms with van der Waals surface area (Å²) in [5.74, 6) is 5.33. The van der Waals surface area contributed by atoms with E-state index < -0.39 is 0 Å². The second-order valence-corrected chi connectivity index (χ2v) is 15.7. The second kappa shape index (κ2) is 24.7. The van der Waals surface area contributed by atoms with Crippen LogP contribution in [0, 0.1) is 27.7 Å². The summed E-state index contributed by atoms with van der Waals surface area (Å²) >= 11 is 0. The van der Waals surface area contributed by atoms with E-state index in [0.717, 1.165) is 78.9 Å². The first kappa shape index (κ1) is 51.9. The molecule has 0 radical (unpaired) electrons. The minimum Gasteiger partial charge on any atom is -0.462 e. The summed E-state index contributed by atoms with van der Waals surface area (Å²) in [5.41, 5.74) is 25.3. The Balaban J connectivity index is 0.000000260. The normalized spacial score (nSPS) is 11.0. The molecule has 4 aromatic carbocycles. The number of esters is 2. The molecule has 7 N–H and O–H groups in total. The van der Waals surface area contributed by atoms with Crippen molar-refractivity contribution in [1.29, 1.82) is 0 Å². The highest BCUT2D eigenvalue weighted by Crippen LogP contribution is 2.32.